The molecule has 1 saturated heterocycles. The lowest BCUT2D eigenvalue weighted by Gasteiger charge is -2.39. The van der Waals surface area contributed by atoms with Crippen LogP contribution < -0.4 is 5.32 Å². The van der Waals surface area contributed by atoms with E-state index in [-0.39, 0.29) is 18.2 Å². The number of fused-ring (bicyclic) bond motifs is 2. The van der Waals surface area contributed by atoms with Gasteiger partial charge >= 0.3 is 12.1 Å². The molecule has 2 aromatic heterocycles. The molecular weight excluding hydrogens is 506 g/mol. The highest BCUT2D eigenvalue weighted by Crippen LogP contribution is 2.37. The number of aromatic amines is 1. The number of ether oxygens (including phenoxy) is 2. The van der Waals surface area contributed by atoms with Gasteiger partial charge in [-0.05, 0) is 80.0 Å². The number of benzene rings is 1. The average Bonchev–Trinajstić information content (AvgIpc) is 3.35. The van der Waals surface area contributed by atoms with E-state index in [0.29, 0.717) is 45.3 Å². The number of carbonyl (C=O) groups is 2. The van der Waals surface area contributed by atoms with Crippen LogP contribution in [0.5, 0.6) is 0 Å². The fourth-order valence-electron chi connectivity index (χ4n) is 5.66. The molecule has 2 aliphatic heterocycles. The van der Waals surface area contributed by atoms with Crippen molar-refractivity contribution < 1.29 is 19.1 Å². The zero-order valence-electron chi connectivity index (χ0n) is 24.5. The maximum Gasteiger partial charge on any atom is 0.410 e. The van der Waals surface area contributed by atoms with E-state index in [2.05, 4.69) is 42.3 Å². The average molecular weight is 548 g/mol. The van der Waals surface area contributed by atoms with Gasteiger partial charge in [0.15, 0.2) is 0 Å². The number of aromatic nitrogens is 2. The molecule has 5 rings (SSSR count). The Morgan fingerprint density at radius 2 is 2.00 bits per heavy atom. The van der Waals surface area contributed by atoms with Gasteiger partial charge in [0.05, 0.1) is 19.3 Å². The molecule has 9 heteroatoms. The van der Waals surface area contributed by atoms with Crippen molar-refractivity contribution in [2.75, 3.05) is 32.8 Å². The quantitative estimate of drug-likeness (QED) is 0.433. The first-order valence-electron chi connectivity index (χ1n) is 14.3. The van der Waals surface area contributed by atoms with Gasteiger partial charge in [-0.3, -0.25) is 4.90 Å². The highest BCUT2D eigenvalue weighted by Gasteiger charge is 2.35. The summed E-state index contributed by atoms with van der Waals surface area (Å²) in [6.45, 7) is 14.9. The number of pyridine rings is 1. The molecule has 1 atom stereocenters. The summed E-state index contributed by atoms with van der Waals surface area (Å²) in [7, 11) is 0. The summed E-state index contributed by atoms with van der Waals surface area (Å²) in [4.78, 5) is 37.8. The van der Waals surface area contributed by atoms with Crippen molar-refractivity contribution in [2.24, 2.45) is 0 Å². The Morgan fingerprint density at radius 3 is 2.73 bits per heavy atom. The molecule has 214 valence electrons. The minimum absolute atomic E-state index is 0.0737. The summed E-state index contributed by atoms with van der Waals surface area (Å²) >= 11 is 0. The molecule has 1 fully saturated rings. The molecule has 0 bridgehead atoms. The van der Waals surface area contributed by atoms with Crippen molar-refractivity contribution in [1.82, 2.24) is 25.1 Å². The number of nitrogens with one attached hydrogen (secondary N) is 2. The normalized spacial score (nSPS) is 17.7. The lowest BCUT2D eigenvalue weighted by atomic mass is 9.87. The Morgan fingerprint density at radius 1 is 1.20 bits per heavy atom. The number of hydrogen-bond donors (Lipinski definition) is 2. The van der Waals surface area contributed by atoms with Gasteiger partial charge in [0.25, 0.3) is 0 Å². The van der Waals surface area contributed by atoms with Crippen LogP contribution in [0.3, 0.4) is 0 Å². The lowest BCUT2D eigenvalue weighted by Crippen LogP contribution is -2.47. The summed E-state index contributed by atoms with van der Waals surface area (Å²) in [6.07, 6.45) is 4.32. The second-order valence-electron chi connectivity index (χ2n) is 12.0. The fraction of sp³-hybridized carbons (Fsp3) is 0.516. The van der Waals surface area contributed by atoms with Crippen LogP contribution >= 0.6 is 0 Å². The zero-order chi connectivity index (χ0) is 28.6. The van der Waals surface area contributed by atoms with E-state index >= 15 is 0 Å². The van der Waals surface area contributed by atoms with Gasteiger partial charge in [-0.15, -0.1) is 0 Å². The maximum absolute atomic E-state index is 13.4. The molecule has 0 saturated carbocycles. The topological polar surface area (TPSA) is 99.8 Å². The van der Waals surface area contributed by atoms with E-state index in [1.165, 1.54) is 11.1 Å². The molecule has 4 heterocycles. The van der Waals surface area contributed by atoms with Crippen LogP contribution in [0, 0.1) is 0 Å². The van der Waals surface area contributed by atoms with Crippen LogP contribution in [-0.4, -0.2) is 70.3 Å². The van der Waals surface area contributed by atoms with Gasteiger partial charge in [0.1, 0.15) is 11.2 Å². The van der Waals surface area contributed by atoms with Crippen LogP contribution in [0.1, 0.15) is 75.8 Å². The molecule has 2 aliphatic rings. The molecule has 3 amide bonds. The Bertz CT molecular complexity index is 1410. The highest BCUT2D eigenvalue weighted by atomic mass is 16.6. The number of H-pyrrole nitrogens is 1. The standard InChI is InChI=1S/C31H41N5O4/c1-7-32-29(37)35-9-8-20-12-21(22-14-24-25(19(2)3)16-34-28(24)33-15-22)13-23(26(20)17-35)27-18-39-11-10-36(27)30(38)40-31(4,5)6/h12-16,19,27H,7-11,17-18H2,1-6H3,(H,32,37)(H,33,34). The number of nitrogens with zero attached hydrogens (tertiary/aromatic N) is 3. The Hall–Kier alpha value is -3.59. The molecule has 1 aromatic carbocycles. The predicted molar refractivity (Wildman–Crippen MR) is 155 cm³/mol. The van der Waals surface area contributed by atoms with Gasteiger partial charge in [-0.1, -0.05) is 19.9 Å². The molecule has 1 unspecified atom stereocenters. The van der Waals surface area contributed by atoms with Gasteiger partial charge in [0.2, 0.25) is 0 Å². The molecule has 0 spiro atoms. The molecule has 0 aliphatic carbocycles. The van der Waals surface area contributed by atoms with Crippen molar-refractivity contribution in [3.05, 3.63) is 52.8 Å². The molecule has 3 aromatic rings. The monoisotopic (exact) mass is 547 g/mol. The van der Waals surface area contributed by atoms with Crippen LogP contribution in [0.2, 0.25) is 0 Å². The van der Waals surface area contributed by atoms with E-state index in [0.717, 1.165) is 39.7 Å². The predicted octanol–water partition coefficient (Wildman–Crippen LogP) is 5.75. The third kappa shape index (κ3) is 5.66. The summed E-state index contributed by atoms with van der Waals surface area (Å²) in [5.41, 5.74) is 6.80. The van der Waals surface area contributed by atoms with Gasteiger partial charge in [0, 0.05) is 49.5 Å². The van der Waals surface area contributed by atoms with Gasteiger partial charge in [-0.25, -0.2) is 14.6 Å². The maximum atomic E-state index is 13.4. The minimum atomic E-state index is -0.609. The van der Waals surface area contributed by atoms with Crippen LogP contribution in [0.4, 0.5) is 9.59 Å². The van der Waals surface area contributed by atoms with Crippen molar-refractivity contribution in [3.63, 3.8) is 0 Å². The third-order valence-corrected chi connectivity index (χ3v) is 7.63. The fourth-order valence-corrected chi connectivity index (χ4v) is 5.66. The van der Waals surface area contributed by atoms with Crippen molar-refractivity contribution in [1.29, 1.82) is 0 Å². The Balaban J connectivity index is 1.61. The number of urea groups is 1. The second-order valence-corrected chi connectivity index (χ2v) is 12.0. The Kier molecular flexibility index (Phi) is 7.77. The highest BCUT2D eigenvalue weighted by molar-refractivity contribution is 5.85. The summed E-state index contributed by atoms with van der Waals surface area (Å²) in [5, 5.41) is 4.05. The van der Waals surface area contributed by atoms with Crippen molar-refractivity contribution in [2.45, 2.75) is 72.1 Å². The van der Waals surface area contributed by atoms with Crippen LogP contribution in [0.25, 0.3) is 22.2 Å². The first-order valence-corrected chi connectivity index (χ1v) is 14.3. The summed E-state index contributed by atoms with van der Waals surface area (Å²) in [5.74, 6) is 0.368. The first kappa shape index (κ1) is 28.0. The number of amides is 3. The van der Waals surface area contributed by atoms with E-state index in [1.54, 1.807) is 4.90 Å². The number of hydrogen-bond acceptors (Lipinski definition) is 5. The minimum Gasteiger partial charge on any atom is -0.444 e. The molecule has 9 nitrogen and oxygen atoms in total. The zero-order valence-corrected chi connectivity index (χ0v) is 24.5. The van der Waals surface area contributed by atoms with E-state index in [1.807, 2.05) is 45.0 Å². The van der Waals surface area contributed by atoms with E-state index in [4.69, 9.17) is 14.5 Å². The van der Waals surface area contributed by atoms with Gasteiger partial charge in [-0.2, -0.15) is 0 Å². The van der Waals surface area contributed by atoms with Crippen molar-refractivity contribution in [3.8, 4) is 11.1 Å². The number of carbonyl (C=O) groups excluding carboxylic acids is 2. The van der Waals surface area contributed by atoms with E-state index in [9.17, 15) is 9.59 Å². The van der Waals surface area contributed by atoms with Crippen LogP contribution in [-0.2, 0) is 22.4 Å². The van der Waals surface area contributed by atoms with E-state index < -0.39 is 5.60 Å². The van der Waals surface area contributed by atoms with Gasteiger partial charge < -0.3 is 24.7 Å². The van der Waals surface area contributed by atoms with Crippen molar-refractivity contribution >= 4 is 23.2 Å². The molecule has 40 heavy (non-hydrogen) atoms. The number of morpholine rings is 1. The summed E-state index contributed by atoms with van der Waals surface area (Å²) < 4.78 is 11.7. The lowest BCUT2D eigenvalue weighted by molar-refractivity contribution is -0.0334. The number of rotatable bonds is 4. The molecule has 0 radical (unpaired) electrons. The second kappa shape index (κ2) is 11.1. The summed E-state index contributed by atoms with van der Waals surface area (Å²) in [6, 6.07) is 6.17. The molecule has 2 N–H and O–H groups in total. The molecular formula is C31H41N5O4. The first-order chi connectivity index (χ1) is 19.1. The smallest absolute Gasteiger partial charge is 0.410 e. The third-order valence-electron chi connectivity index (χ3n) is 7.63. The largest absolute Gasteiger partial charge is 0.444 e. The Labute approximate surface area is 236 Å². The SMILES string of the molecule is CCNC(=O)N1CCc2cc(-c3cnc4[nH]cc(C(C)C)c4c3)cc(C3COCCN3C(=O)OC(C)(C)C)c2C1. The van der Waals surface area contributed by atoms with Crippen LogP contribution in [0.15, 0.2) is 30.6 Å².